The maximum atomic E-state index is 8.74. The highest BCUT2D eigenvalue weighted by molar-refractivity contribution is 5.51. The van der Waals surface area contributed by atoms with Gasteiger partial charge in [0.2, 0.25) is 0 Å². The number of nitrogens with zero attached hydrogens (tertiary/aromatic N) is 1. The van der Waals surface area contributed by atoms with Crippen LogP contribution in [0.3, 0.4) is 0 Å². The lowest BCUT2D eigenvalue weighted by Crippen LogP contribution is -2.36. The Balaban J connectivity index is 1.95. The first-order valence-corrected chi connectivity index (χ1v) is 6.73. The number of rotatable bonds is 3. The summed E-state index contributed by atoms with van der Waals surface area (Å²) in [7, 11) is 0. The van der Waals surface area contributed by atoms with E-state index in [9.17, 15) is 0 Å². The molecule has 1 heterocycles. The molecule has 0 bridgehead atoms. The molecule has 1 N–H and O–H groups in total. The van der Waals surface area contributed by atoms with E-state index < -0.39 is 0 Å². The van der Waals surface area contributed by atoms with Crippen LogP contribution in [0.25, 0.3) is 6.08 Å². The van der Waals surface area contributed by atoms with E-state index in [1.807, 2.05) is 24.3 Å². The average molecular weight is 240 g/mol. The molecule has 2 rings (SSSR count). The van der Waals surface area contributed by atoms with Crippen molar-refractivity contribution in [3.05, 3.63) is 41.5 Å². The molecule has 94 valence electrons. The highest BCUT2D eigenvalue weighted by atomic mass is 14.9. The first-order chi connectivity index (χ1) is 8.81. The Kier molecular flexibility index (Phi) is 4.55. The summed E-state index contributed by atoms with van der Waals surface area (Å²) in [5, 5.41) is 12.3. The van der Waals surface area contributed by atoms with Crippen LogP contribution in [0.2, 0.25) is 0 Å². The van der Waals surface area contributed by atoms with Gasteiger partial charge in [-0.05, 0) is 43.0 Å². The summed E-state index contributed by atoms with van der Waals surface area (Å²) in [4.78, 5) is 0. The van der Waals surface area contributed by atoms with Gasteiger partial charge in [0.1, 0.15) is 0 Å². The van der Waals surface area contributed by atoms with Gasteiger partial charge in [0.25, 0.3) is 0 Å². The number of hydrogen-bond donors (Lipinski definition) is 1. The summed E-state index contributed by atoms with van der Waals surface area (Å²) in [6.07, 6.45) is 8.23. The Morgan fingerprint density at radius 1 is 1.39 bits per heavy atom. The van der Waals surface area contributed by atoms with Crippen LogP contribution in [-0.2, 0) is 0 Å². The van der Waals surface area contributed by atoms with Gasteiger partial charge in [0.05, 0.1) is 11.6 Å². The molecule has 0 aliphatic carbocycles. The minimum Gasteiger partial charge on any atom is -0.310 e. The summed E-state index contributed by atoms with van der Waals surface area (Å²) < 4.78 is 0. The minimum absolute atomic E-state index is 0.499. The smallest absolute Gasteiger partial charge is 0.0991 e. The van der Waals surface area contributed by atoms with Gasteiger partial charge >= 0.3 is 0 Å². The van der Waals surface area contributed by atoms with Crippen molar-refractivity contribution in [3.8, 4) is 6.07 Å². The van der Waals surface area contributed by atoms with E-state index in [0.717, 1.165) is 18.0 Å². The van der Waals surface area contributed by atoms with Crippen LogP contribution in [-0.4, -0.2) is 12.6 Å². The fourth-order valence-corrected chi connectivity index (χ4v) is 2.45. The third-order valence-electron chi connectivity index (χ3n) is 3.68. The SMILES string of the molecule is CCC1CCNC(/C=C/c2ccc(C#N)cc2)C1. The maximum absolute atomic E-state index is 8.74. The van der Waals surface area contributed by atoms with E-state index >= 15 is 0 Å². The van der Waals surface area contributed by atoms with Gasteiger partial charge in [-0.1, -0.05) is 37.6 Å². The normalized spacial score (nSPS) is 24.0. The number of benzene rings is 1. The lowest BCUT2D eigenvalue weighted by atomic mass is 9.90. The van der Waals surface area contributed by atoms with Crippen LogP contribution in [0.5, 0.6) is 0 Å². The number of piperidine rings is 1. The molecule has 1 aliphatic heterocycles. The van der Waals surface area contributed by atoms with Gasteiger partial charge in [0.15, 0.2) is 0 Å². The topological polar surface area (TPSA) is 35.8 Å². The second-order valence-electron chi connectivity index (χ2n) is 4.95. The zero-order valence-electron chi connectivity index (χ0n) is 10.9. The monoisotopic (exact) mass is 240 g/mol. The van der Waals surface area contributed by atoms with Gasteiger partial charge in [0, 0.05) is 6.04 Å². The van der Waals surface area contributed by atoms with Gasteiger partial charge in [-0.3, -0.25) is 0 Å². The largest absolute Gasteiger partial charge is 0.310 e. The Morgan fingerprint density at radius 2 is 2.17 bits per heavy atom. The molecule has 2 nitrogen and oxygen atoms in total. The molecule has 0 saturated carbocycles. The first kappa shape index (κ1) is 12.9. The van der Waals surface area contributed by atoms with Gasteiger partial charge in [-0.2, -0.15) is 5.26 Å². The van der Waals surface area contributed by atoms with Crippen molar-refractivity contribution in [1.82, 2.24) is 5.32 Å². The quantitative estimate of drug-likeness (QED) is 0.879. The predicted octanol–water partition coefficient (Wildman–Crippen LogP) is 3.35. The van der Waals surface area contributed by atoms with Crippen molar-refractivity contribution >= 4 is 6.08 Å². The molecule has 0 aromatic heterocycles. The summed E-state index contributed by atoms with van der Waals surface area (Å²) in [5.74, 6) is 0.863. The average Bonchev–Trinajstić information content (AvgIpc) is 2.46. The van der Waals surface area contributed by atoms with Crippen LogP contribution < -0.4 is 5.32 Å². The van der Waals surface area contributed by atoms with E-state index in [0.29, 0.717) is 11.6 Å². The van der Waals surface area contributed by atoms with Crippen molar-refractivity contribution in [3.63, 3.8) is 0 Å². The van der Waals surface area contributed by atoms with Crippen molar-refractivity contribution in [2.45, 2.75) is 32.2 Å². The predicted molar refractivity (Wildman–Crippen MR) is 75.0 cm³/mol. The maximum Gasteiger partial charge on any atom is 0.0991 e. The van der Waals surface area contributed by atoms with Crippen molar-refractivity contribution in [1.29, 1.82) is 5.26 Å². The molecule has 2 unspecified atom stereocenters. The molecular weight excluding hydrogens is 220 g/mol. The van der Waals surface area contributed by atoms with Crippen LogP contribution >= 0.6 is 0 Å². The molecule has 0 amide bonds. The molecule has 2 heteroatoms. The van der Waals surface area contributed by atoms with E-state index in [2.05, 4.69) is 30.5 Å². The lowest BCUT2D eigenvalue weighted by Gasteiger charge is -2.27. The van der Waals surface area contributed by atoms with E-state index in [-0.39, 0.29) is 0 Å². The zero-order valence-corrected chi connectivity index (χ0v) is 10.9. The van der Waals surface area contributed by atoms with E-state index in [4.69, 9.17) is 5.26 Å². The molecule has 0 radical (unpaired) electrons. The summed E-state index contributed by atoms with van der Waals surface area (Å²) in [5.41, 5.74) is 1.88. The Morgan fingerprint density at radius 3 is 2.83 bits per heavy atom. The molecule has 18 heavy (non-hydrogen) atoms. The standard InChI is InChI=1S/C16H20N2/c1-2-13-9-10-18-16(11-13)8-7-14-3-5-15(12-17)6-4-14/h3-8,13,16,18H,2,9-11H2,1H3/b8-7+. The molecule has 1 fully saturated rings. The third-order valence-corrected chi connectivity index (χ3v) is 3.68. The van der Waals surface area contributed by atoms with Crippen LogP contribution in [0.4, 0.5) is 0 Å². The molecule has 1 saturated heterocycles. The number of nitriles is 1. The number of hydrogen-bond acceptors (Lipinski definition) is 2. The molecule has 1 aromatic rings. The fourth-order valence-electron chi connectivity index (χ4n) is 2.45. The summed E-state index contributed by atoms with van der Waals surface area (Å²) in [6.45, 7) is 3.40. The number of nitrogens with one attached hydrogen (secondary N) is 1. The fraction of sp³-hybridized carbons (Fsp3) is 0.438. The molecule has 2 atom stereocenters. The highest BCUT2D eigenvalue weighted by Gasteiger charge is 2.17. The highest BCUT2D eigenvalue weighted by Crippen LogP contribution is 2.20. The molecule has 0 spiro atoms. The van der Waals surface area contributed by atoms with Gasteiger partial charge in [-0.25, -0.2) is 0 Å². The lowest BCUT2D eigenvalue weighted by molar-refractivity contribution is 0.326. The molecule has 1 aliphatic rings. The van der Waals surface area contributed by atoms with Crippen LogP contribution in [0.1, 0.15) is 37.3 Å². The Hall–Kier alpha value is -1.59. The Bertz CT molecular complexity index is 439. The summed E-state index contributed by atoms with van der Waals surface area (Å²) >= 11 is 0. The van der Waals surface area contributed by atoms with Crippen molar-refractivity contribution in [2.75, 3.05) is 6.54 Å². The second-order valence-corrected chi connectivity index (χ2v) is 4.95. The minimum atomic E-state index is 0.499. The first-order valence-electron chi connectivity index (χ1n) is 6.73. The van der Waals surface area contributed by atoms with Crippen LogP contribution in [0.15, 0.2) is 30.3 Å². The summed E-state index contributed by atoms with van der Waals surface area (Å²) in [6, 6.07) is 10.4. The molecular formula is C16H20N2. The van der Waals surface area contributed by atoms with Crippen molar-refractivity contribution in [2.24, 2.45) is 5.92 Å². The zero-order chi connectivity index (χ0) is 12.8. The third kappa shape index (κ3) is 3.45. The Labute approximate surface area is 109 Å². The van der Waals surface area contributed by atoms with Crippen molar-refractivity contribution < 1.29 is 0 Å². The molecule has 1 aromatic carbocycles. The van der Waals surface area contributed by atoms with Gasteiger partial charge in [-0.15, -0.1) is 0 Å². The van der Waals surface area contributed by atoms with E-state index in [1.54, 1.807) is 0 Å². The van der Waals surface area contributed by atoms with Gasteiger partial charge < -0.3 is 5.32 Å². The second kappa shape index (κ2) is 6.37. The van der Waals surface area contributed by atoms with E-state index in [1.165, 1.54) is 19.3 Å². The van der Waals surface area contributed by atoms with Crippen LogP contribution in [0, 0.1) is 17.2 Å².